The van der Waals surface area contributed by atoms with E-state index in [1.807, 2.05) is 31.2 Å². The number of oxazole rings is 1. The van der Waals surface area contributed by atoms with Crippen LogP contribution in [0.15, 0.2) is 39.4 Å². The number of carbonyl (C=O) groups is 1. The molecule has 0 bridgehead atoms. The average Bonchev–Trinajstić information content (AvgIpc) is 2.94. The van der Waals surface area contributed by atoms with Crippen molar-refractivity contribution < 1.29 is 9.21 Å². The SMILES string of the molecule is CCCC(C)NC(=O)CCc1ncc(-c2cccc(Br)c2)o1. The van der Waals surface area contributed by atoms with E-state index >= 15 is 0 Å². The van der Waals surface area contributed by atoms with E-state index in [0.29, 0.717) is 18.7 Å². The number of aromatic nitrogens is 1. The van der Waals surface area contributed by atoms with E-state index in [9.17, 15) is 4.79 Å². The lowest BCUT2D eigenvalue weighted by molar-refractivity contribution is -0.121. The standard InChI is InChI=1S/C17H21BrN2O2/c1-3-5-12(2)20-16(21)8-9-17-19-11-15(22-17)13-6-4-7-14(18)10-13/h4,6-7,10-12H,3,5,8-9H2,1-2H3,(H,20,21). The number of nitrogens with zero attached hydrogens (tertiary/aromatic N) is 1. The second-order valence-electron chi connectivity index (χ2n) is 5.39. The number of rotatable bonds is 7. The number of benzene rings is 1. The van der Waals surface area contributed by atoms with Gasteiger partial charge in [0.15, 0.2) is 11.7 Å². The molecule has 118 valence electrons. The summed E-state index contributed by atoms with van der Waals surface area (Å²) in [6, 6.07) is 8.07. The molecular formula is C17H21BrN2O2. The Bertz CT molecular complexity index is 625. The maximum absolute atomic E-state index is 11.8. The van der Waals surface area contributed by atoms with Gasteiger partial charge < -0.3 is 9.73 Å². The molecule has 0 fully saturated rings. The third kappa shape index (κ3) is 4.98. The normalized spacial score (nSPS) is 12.1. The van der Waals surface area contributed by atoms with E-state index < -0.39 is 0 Å². The molecule has 2 aromatic rings. The quantitative estimate of drug-likeness (QED) is 0.794. The largest absolute Gasteiger partial charge is 0.441 e. The molecule has 1 N–H and O–H groups in total. The topological polar surface area (TPSA) is 55.1 Å². The number of nitrogens with one attached hydrogen (secondary N) is 1. The summed E-state index contributed by atoms with van der Waals surface area (Å²) in [7, 11) is 0. The van der Waals surface area contributed by atoms with Gasteiger partial charge in [0, 0.05) is 28.9 Å². The van der Waals surface area contributed by atoms with Crippen molar-refractivity contribution in [3.8, 4) is 11.3 Å². The maximum atomic E-state index is 11.8. The molecule has 1 amide bonds. The number of hydrogen-bond acceptors (Lipinski definition) is 3. The molecule has 2 rings (SSSR count). The molecule has 0 saturated carbocycles. The molecule has 1 heterocycles. The molecule has 0 aliphatic rings. The molecule has 5 heteroatoms. The molecule has 0 aliphatic carbocycles. The Labute approximate surface area is 139 Å². The van der Waals surface area contributed by atoms with Gasteiger partial charge in [-0.25, -0.2) is 4.98 Å². The molecule has 0 radical (unpaired) electrons. The van der Waals surface area contributed by atoms with Crippen LogP contribution in [-0.4, -0.2) is 16.9 Å². The van der Waals surface area contributed by atoms with Gasteiger partial charge in [-0.1, -0.05) is 41.4 Å². The summed E-state index contributed by atoms with van der Waals surface area (Å²) in [5.74, 6) is 1.35. The monoisotopic (exact) mass is 364 g/mol. The minimum atomic E-state index is 0.0446. The predicted molar refractivity (Wildman–Crippen MR) is 90.5 cm³/mol. The molecule has 1 unspecified atom stereocenters. The van der Waals surface area contributed by atoms with Crippen LogP contribution in [0.3, 0.4) is 0 Å². The lowest BCUT2D eigenvalue weighted by Crippen LogP contribution is -2.32. The summed E-state index contributed by atoms with van der Waals surface area (Å²) < 4.78 is 6.71. The van der Waals surface area contributed by atoms with E-state index in [0.717, 1.165) is 28.6 Å². The highest BCUT2D eigenvalue weighted by atomic mass is 79.9. The minimum absolute atomic E-state index is 0.0446. The zero-order valence-electron chi connectivity index (χ0n) is 12.9. The fourth-order valence-electron chi connectivity index (χ4n) is 2.27. The molecule has 22 heavy (non-hydrogen) atoms. The van der Waals surface area contributed by atoms with Crippen LogP contribution in [-0.2, 0) is 11.2 Å². The molecule has 0 saturated heterocycles. The van der Waals surface area contributed by atoms with E-state index in [1.165, 1.54) is 0 Å². The Kier molecular flexibility index (Phi) is 6.19. The van der Waals surface area contributed by atoms with Crippen molar-refractivity contribution >= 4 is 21.8 Å². The third-order valence-corrected chi connectivity index (χ3v) is 3.85. The van der Waals surface area contributed by atoms with Gasteiger partial charge >= 0.3 is 0 Å². The minimum Gasteiger partial charge on any atom is -0.441 e. The van der Waals surface area contributed by atoms with E-state index in [1.54, 1.807) is 6.20 Å². The predicted octanol–water partition coefficient (Wildman–Crippen LogP) is 4.34. The van der Waals surface area contributed by atoms with Crippen molar-refractivity contribution in [1.29, 1.82) is 0 Å². The molecule has 4 nitrogen and oxygen atoms in total. The third-order valence-electron chi connectivity index (χ3n) is 3.36. The van der Waals surface area contributed by atoms with Crippen LogP contribution in [0.4, 0.5) is 0 Å². The van der Waals surface area contributed by atoms with Gasteiger partial charge in [-0.2, -0.15) is 0 Å². The Morgan fingerprint density at radius 1 is 1.45 bits per heavy atom. The summed E-state index contributed by atoms with van der Waals surface area (Å²) in [5, 5.41) is 2.98. The van der Waals surface area contributed by atoms with Gasteiger partial charge in [0.2, 0.25) is 5.91 Å². The first kappa shape index (κ1) is 16.7. The van der Waals surface area contributed by atoms with Gasteiger partial charge in [0.05, 0.1) is 6.20 Å². The summed E-state index contributed by atoms with van der Waals surface area (Å²) in [4.78, 5) is 16.1. The summed E-state index contributed by atoms with van der Waals surface area (Å²) in [5.41, 5.74) is 0.967. The summed E-state index contributed by atoms with van der Waals surface area (Å²) >= 11 is 3.44. The second-order valence-corrected chi connectivity index (χ2v) is 6.30. The Morgan fingerprint density at radius 2 is 2.27 bits per heavy atom. The zero-order valence-corrected chi connectivity index (χ0v) is 14.5. The first-order valence-corrected chi connectivity index (χ1v) is 8.37. The number of hydrogen-bond donors (Lipinski definition) is 1. The highest BCUT2D eigenvalue weighted by Gasteiger charge is 2.10. The van der Waals surface area contributed by atoms with Crippen LogP contribution in [0, 0.1) is 0 Å². The first-order chi connectivity index (χ1) is 10.6. The fraction of sp³-hybridized carbons (Fsp3) is 0.412. The second kappa shape index (κ2) is 8.13. The highest BCUT2D eigenvalue weighted by Crippen LogP contribution is 2.23. The number of halogens is 1. The highest BCUT2D eigenvalue weighted by molar-refractivity contribution is 9.10. The number of aryl methyl sites for hydroxylation is 1. The number of carbonyl (C=O) groups excluding carboxylic acids is 1. The van der Waals surface area contributed by atoms with Crippen molar-refractivity contribution in [2.75, 3.05) is 0 Å². The Hall–Kier alpha value is -1.62. The zero-order chi connectivity index (χ0) is 15.9. The summed E-state index contributed by atoms with van der Waals surface area (Å²) in [6.45, 7) is 4.14. The maximum Gasteiger partial charge on any atom is 0.220 e. The van der Waals surface area contributed by atoms with Crippen LogP contribution in [0.5, 0.6) is 0 Å². The van der Waals surface area contributed by atoms with Gasteiger partial charge in [-0.05, 0) is 25.5 Å². The van der Waals surface area contributed by atoms with Crippen molar-refractivity contribution in [3.05, 3.63) is 40.8 Å². The molecule has 1 aromatic heterocycles. The molecule has 0 aliphatic heterocycles. The van der Waals surface area contributed by atoms with Crippen LogP contribution in [0.2, 0.25) is 0 Å². The van der Waals surface area contributed by atoms with Gasteiger partial charge in [0.25, 0.3) is 0 Å². The Morgan fingerprint density at radius 3 is 3.00 bits per heavy atom. The molecule has 0 spiro atoms. The average molecular weight is 365 g/mol. The fourth-order valence-corrected chi connectivity index (χ4v) is 2.67. The number of amides is 1. The first-order valence-electron chi connectivity index (χ1n) is 7.58. The molecule has 1 atom stereocenters. The van der Waals surface area contributed by atoms with Gasteiger partial charge in [-0.3, -0.25) is 4.79 Å². The van der Waals surface area contributed by atoms with Crippen molar-refractivity contribution in [2.24, 2.45) is 0 Å². The lowest BCUT2D eigenvalue weighted by Gasteiger charge is -2.11. The lowest BCUT2D eigenvalue weighted by atomic mass is 10.2. The Balaban J connectivity index is 1.88. The van der Waals surface area contributed by atoms with Crippen molar-refractivity contribution in [1.82, 2.24) is 10.3 Å². The summed E-state index contributed by atoms with van der Waals surface area (Å²) in [6.07, 6.45) is 4.68. The van der Waals surface area contributed by atoms with Crippen molar-refractivity contribution in [2.45, 2.75) is 45.6 Å². The van der Waals surface area contributed by atoms with Gasteiger partial charge in [0.1, 0.15) is 0 Å². The smallest absolute Gasteiger partial charge is 0.220 e. The van der Waals surface area contributed by atoms with E-state index in [2.05, 4.69) is 33.2 Å². The van der Waals surface area contributed by atoms with Crippen molar-refractivity contribution in [3.63, 3.8) is 0 Å². The van der Waals surface area contributed by atoms with Crippen LogP contribution >= 0.6 is 15.9 Å². The van der Waals surface area contributed by atoms with E-state index in [4.69, 9.17) is 4.42 Å². The molecular weight excluding hydrogens is 344 g/mol. The van der Waals surface area contributed by atoms with Crippen LogP contribution in [0.1, 0.15) is 39.0 Å². The van der Waals surface area contributed by atoms with Gasteiger partial charge in [-0.15, -0.1) is 0 Å². The van der Waals surface area contributed by atoms with Crippen LogP contribution in [0.25, 0.3) is 11.3 Å². The molecule has 1 aromatic carbocycles. The van der Waals surface area contributed by atoms with Crippen LogP contribution < -0.4 is 5.32 Å². The van der Waals surface area contributed by atoms with E-state index in [-0.39, 0.29) is 11.9 Å².